The first kappa shape index (κ1) is 11.7. The number of aliphatic hydroxyl groups excluding tert-OH is 1. The molecule has 6 nitrogen and oxygen atoms in total. The highest BCUT2D eigenvalue weighted by Gasteiger charge is 2.25. The van der Waals surface area contributed by atoms with E-state index in [9.17, 15) is 9.59 Å². The van der Waals surface area contributed by atoms with Gasteiger partial charge in [-0.3, -0.25) is 9.59 Å². The average Bonchev–Trinajstić information content (AvgIpc) is 2.91. The summed E-state index contributed by atoms with van der Waals surface area (Å²) in [5, 5.41) is 8.73. The Morgan fingerprint density at radius 3 is 2.41 bits per heavy atom. The van der Waals surface area contributed by atoms with Crippen molar-refractivity contribution in [3.05, 3.63) is 24.2 Å². The van der Waals surface area contributed by atoms with Gasteiger partial charge in [0.05, 0.1) is 6.26 Å². The lowest BCUT2D eigenvalue weighted by atomic mass is 10.3. The number of aliphatic hydroxyl groups is 1. The maximum absolute atomic E-state index is 11.9. The van der Waals surface area contributed by atoms with Crippen LogP contribution in [0.1, 0.15) is 10.6 Å². The molecule has 92 valence electrons. The maximum atomic E-state index is 11.9. The van der Waals surface area contributed by atoms with E-state index in [0.717, 1.165) is 0 Å². The highest BCUT2D eigenvalue weighted by Crippen LogP contribution is 2.09. The third kappa shape index (κ3) is 2.47. The van der Waals surface area contributed by atoms with Crippen LogP contribution in [0.5, 0.6) is 0 Å². The molecule has 17 heavy (non-hydrogen) atoms. The average molecular weight is 238 g/mol. The number of hydrogen-bond acceptors (Lipinski definition) is 4. The van der Waals surface area contributed by atoms with Crippen molar-refractivity contribution in [2.45, 2.75) is 0 Å². The summed E-state index contributed by atoms with van der Waals surface area (Å²) in [6.07, 6.45) is 1.46. The lowest BCUT2D eigenvalue weighted by molar-refractivity contribution is -0.135. The van der Waals surface area contributed by atoms with Crippen LogP contribution < -0.4 is 0 Å². The summed E-state index contributed by atoms with van der Waals surface area (Å²) < 4.78 is 5.03. The first-order valence-corrected chi connectivity index (χ1v) is 5.44. The van der Waals surface area contributed by atoms with Crippen molar-refractivity contribution in [2.24, 2.45) is 0 Å². The molecule has 0 aromatic carbocycles. The highest BCUT2D eigenvalue weighted by molar-refractivity contribution is 5.91. The number of nitrogens with zero attached hydrogens (tertiary/aromatic N) is 2. The van der Waals surface area contributed by atoms with E-state index in [1.165, 1.54) is 6.26 Å². The molecule has 2 amide bonds. The Bertz CT molecular complexity index is 394. The number of piperazine rings is 1. The van der Waals surface area contributed by atoms with Gasteiger partial charge in [-0.1, -0.05) is 0 Å². The van der Waals surface area contributed by atoms with Crippen molar-refractivity contribution in [1.29, 1.82) is 0 Å². The molecule has 1 N–H and O–H groups in total. The smallest absolute Gasteiger partial charge is 0.289 e. The molecule has 1 saturated heterocycles. The summed E-state index contributed by atoms with van der Waals surface area (Å²) in [5.41, 5.74) is 0. The molecule has 1 aliphatic heterocycles. The molecule has 2 rings (SSSR count). The van der Waals surface area contributed by atoms with Gasteiger partial charge in [-0.2, -0.15) is 0 Å². The van der Waals surface area contributed by atoms with Crippen LogP contribution in [0.15, 0.2) is 22.8 Å². The zero-order valence-corrected chi connectivity index (χ0v) is 9.33. The monoisotopic (exact) mass is 238 g/mol. The van der Waals surface area contributed by atoms with Crippen LogP contribution in [0.25, 0.3) is 0 Å². The zero-order chi connectivity index (χ0) is 12.3. The van der Waals surface area contributed by atoms with Crippen LogP contribution in [0.2, 0.25) is 0 Å². The fraction of sp³-hybridized carbons (Fsp3) is 0.455. The predicted octanol–water partition coefficient (Wildman–Crippen LogP) is -0.444. The molecule has 0 unspecified atom stereocenters. The van der Waals surface area contributed by atoms with Crippen molar-refractivity contribution in [2.75, 3.05) is 32.8 Å². The Kier molecular flexibility index (Phi) is 3.43. The van der Waals surface area contributed by atoms with Crippen LogP contribution in [0, 0.1) is 0 Å². The van der Waals surface area contributed by atoms with E-state index >= 15 is 0 Å². The molecule has 0 radical (unpaired) electrons. The highest BCUT2D eigenvalue weighted by atomic mass is 16.3. The summed E-state index contributed by atoms with van der Waals surface area (Å²) in [4.78, 5) is 26.3. The Hall–Kier alpha value is -1.82. The summed E-state index contributed by atoms with van der Waals surface area (Å²) in [6, 6.07) is 3.28. The zero-order valence-electron chi connectivity index (χ0n) is 9.33. The molecule has 2 heterocycles. The molecule has 1 aromatic heterocycles. The minimum atomic E-state index is -0.480. The quantitative estimate of drug-likeness (QED) is 0.757. The van der Waals surface area contributed by atoms with Gasteiger partial charge in [0.1, 0.15) is 6.61 Å². The summed E-state index contributed by atoms with van der Waals surface area (Å²) in [5.74, 6) is -0.145. The first-order chi connectivity index (χ1) is 8.22. The number of hydrogen-bond donors (Lipinski definition) is 1. The molecule has 0 saturated carbocycles. The van der Waals surface area contributed by atoms with Crippen LogP contribution in [-0.4, -0.2) is 59.5 Å². The molecule has 1 fully saturated rings. The summed E-state index contributed by atoms with van der Waals surface area (Å²) >= 11 is 0. The summed E-state index contributed by atoms with van der Waals surface area (Å²) in [7, 11) is 0. The van der Waals surface area contributed by atoms with Crippen molar-refractivity contribution >= 4 is 11.8 Å². The van der Waals surface area contributed by atoms with Crippen LogP contribution in [-0.2, 0) is 4.79 Å². The van der Waals surface area contributed by atoms with Gasteiger partial charge in [-0.15, -0.1) is 0 Å². The third-order valence-corrected chi connectivity index (χ3v) is 2.79. The van der Waals surface area contributed by atoms with Gasteiger partial charge in [0, 0.05) is 26.2 Å². The predicted molar refractivity (Wildman–Crippen MR) is 58.3 cm³/mol. The van der Waals surface area contributed by atoms with Gasteiger partial charge in [0.2, 0.25) is 5.91 Å². The van der Waals surface area contributed by atoms with E-state index in [1.54, 1.807) is 21.9 Å². The molecule has 0 aliphatic carbocycles. The molecule has 0 atom stereocenters. The Labute approximate surface area is 98.4 Å². The van der Waals surface area contributed by atoms with E-state index in [0.29, 0.717) is 31.9 Å². The van der Waals surface area contributed by atoms with Crippen LogP contribution in [0.4, 0.5) is 0 Å². The number of carbonyl (C=O) groups excluding carboxylic acids is 2. The number of carbonyl (C=O) groups is 2. The molecule has 0 bridgehead atoms. The van der Waals surface area contributed by atoms with Crippen LogP contribution in [0.3, 0.4) is 0 Å². The van der Waals surface area contributed by atoms with Crippen molar-refractivity contribution in [3.63, 3.8) is 0 Å². The van der Waals surface area contributed by atoms with E-state index in [1.807, 2.05) is 0 Å². The topological polar surface area (TPSA) is 74.0 Å². The van der Waals surface area contributed by atoms with Gasteiger partial charge in [-0.05, 0) is 12.1 Å². The second-order valence-corrected chi connectivity index (χ2v) is 3.81. The molecule has 0 spiro atoms. The van der Waals surface area contributed by atoms with E-state index in [4.69, 9.17) is 9.52 Å². The van der Waals surface area contributed by atoms with Gasteiger partial charge >= 0.3 is 0 Å². The van der Waals surface area contributed by atoms with E-state index in [2.05, 4.69) is 0 Å². The Morgan fingerprint density at radius 1 is 1.24 bits per heavy atom. The molecule has 1 aromatic rings. The fourth-order valence-corrected chi connectivity index (χ4v) is 1.82. The second-order valence-electron chi connectivity index (χ2n) is 3.81. The second kappa shape index (κ2) is 5.01. The fourth-order valence-electron chi connectivity index (χ4n) is 1.82. The lowest BCUT2D eigenvalue weighted by Gasteiger charge is -2.33. The van der Waals surface area contributed by atoms with Gasteiger partial charge in [-0.25, -0.2) is 0 Å². The molecule has 1 aliphatic rings. The van der Waals surface area contributed by atoms with Gasteiger partial charge in [0.25, 0.3) is 5.91 Å². The summed E-state index contributed by atoms with van der Waals surface area (Å²) in [6.45, 7) is 1.35. The SMILES string of the molecule is O=C(CO)N1CCN(C(=O)c2ccco2)CC1. The maximum Gasteiger partial charge on any atom is 0.289 e. The normalized spacial score (nSPS) is 16.1. The lowest BCUT2D eigenvalue weighted by Crippen LogP contribution is -2.51. The number of amides is 2. The van der Waals surface area contributed by atoms with Crippen molar-refractivity contribution in [1.82, 2.24) is 9.80 Å². The minimum absolute atomic E-state index is 0.161. The Balaban J connectivity index is 1.91. The third-order valence-electron chi connectivity index (χ3n) is 2.79. The number of furan rings is 1. The van der Waals surface area contributed by atoms with Gasteiger partial charge in [0.15, 0.2) is 5.76 Å². The largest absolute Gasteiger partial charge is 0.459 e. The van der Waals surface area contributed by atoms with E-state index in [-0.39, 0.29) is 11.8 Å². The van der Waals surface area contributed by atoms with Gasteiger partial charge < -0.3 is 19.3 Å². The number of rotatable bonds is 2. The molecule has 6 heteroatoms. The standard InChI is InChI=1S/C11H14N2O4/c14-8-10(15)12-3-5-13(6-4-12)11(16)9-2-1-7-17-9/h1-2,7,14H,3-6,8H2. The first-order valence-electron chi connectivity index (χ1n) is 5.44. The molecular formula is C11H14N2O4. The molecular weight excluding hydrogens is 224 g/mol. The van der Waals surface area contributed by atoms with E-state index < -0.39 is 6.61 Å². The van der Waals surface area contributed by atoms with Crippen LogP contribution >= 0.6 is 0 Å². The van der Waals surface area contributed by atoms with Crippen molar-refractivity contribution in [3.8, 4) is 0 Å². The minimum Gasteiger partial charge on any atom is -0.459 e. The van der Waals surface area contributed by atoms with Crippen molar-refractivity contribution < 1.29 is 19.1 Å². The Morgan fingerprint density at radius 2 is 1.88 bits per heavy atom.